The van der Waals surface area contributed by atoms with Crippen molar-refractivity contribution in [3.8, 4) is 0 Å². The number of hydrogen-bond donors (Lipinski definition) is 2. The topological polar surface area (TPSA) is 110 Å². The van der Waals surface area contributed by atoms with Crippen LogP contribution in [-0.2, 0) is 23.9 Å². The van der Waals surface area contributed by atoms with Crippen LogP contribution < -0.4 is 0 Å². The Morgan fingerprint density at radius 3 is 2.37 bits per heavy atom. The summed E-state index contributed by atoms with van der Waals surface area (Å²) >= 11 is 0. The molecule has 4 rings (SSSR count). The molecule has 0 aromatic carbocycles. The third kappa shape index (κ3) is 5.24. The van der Waals surface area contributed by atoms with Crippen molar-refractivity contribution >= 4 is 18.2 Å². The number of carbonyl (C=O) groups is 3. The maximum atomic E-state index is 13.3. The van der Waals surface area contributed by atoms with Crippen LogP contribution in [0.3, 0.4) is 0 Å². The minimum absolute atomic E-state index is 0.0192. The van der Waals surface area contributed by atoms with Crippen molar-refractivity contribution in [2.75, 3.05) is 7.11 Å². The highest BCUT2D eigenvalue weighted by molar-refractivity contribution is 5.91. The first kappa shape index (κ1) is 31.9. The lowest BCUT2D eigenvalue weighted by atomic mass is 9.38. The molecule has 7 heteroatoms. The molecule has 0 saturated heterocycles. The molecule has 3 fully saturated rings. The van der Waals surface area contributed by atoms with Crippen LogP contribution in [0.5, 0.6) is 0 Å². The second-order valence-corrected chi connectivity index (χ2v) is 15.2. The van der Waals surface area contributed by atoms with E-state index in [2.05, 4.69) is 31.6 Å². The Kier molecular flexibility index (Phi) is 8.52. The van der Waals surface area contributed by atoms with Crippen LogP contribution in [0.1, 0.15) is 99.8 Å². The molecule has 2 N–H and O–H groups in total. The Balaban J connectivity index is 1.64. The van der Waals surface area contributed by atoms with Gasteiger partial charge in [-0.3, -0.25) is 9.59 Å². The number of allylic oxidation sites excluding steroid dienone is 1. The van der Waals surface area contributed by atoms with Gasteiger partial charge in [0.05, 0.1) is 18.8 Å². The SMILES string of the molecule is COC(=O)CC(=O)O[C@H]1CC[C@@H]2C(=C[C@H](O)[C@@H]3[C@@]2(C=O)CC[C@]2(C)[C@@H]([C@H](C)C/C=C/C(C)(C)O)CC[C@@]32C)C1(C)C. The first-order valence-electron chi connectivity index (χ1n) is 15.5. The molecule has 7 nitrogen and oxygen atoms in total. The van der Waals surface area contributed by atoms with Gasteiger partial charge in [-0.15, -0.1) is 0 Å². The Labute approximate surface area is 246 Å². The number of aliphatic hydroxyl groups is 2. The van der Waals surface area contributed by atoms with Crippen molar-refractivity contribution < 1.29 is 34.1 Å². The molecular formula is C34H52O7. The average molecular weight is 573 g/mol. The highest BCUT2D eigenvalue weighted by Crippen LogP contribution is 2.74. The van der Waals surface area contributed by atoms with E-state index in [0.717, 1.165) is 37.7 Å². The van der Waals surface area contributed by atoms with Crippen molar-refractivity contribution in [3.63, 3.8) is 0 Å². The number of methoxy groups -OCH3 is 1. The first-order valence-corrected chi connectivity index (χ1v) is 15.5. The van der Waals surface area contributed by atoms with Gasteiger partial charge in [-0.25, -0.2) is 0 Å². The maximum Gasteiger partial charge on any atom is 0.317 e. The largest absolute Gasteiger partial charge is 0.469 e. The number of esters is 2. The van der Waals surface area contributed by atoms with Crippen molar-refractivity contribution in [1.29, 1.82) is 0 Å². The third-order valence-corrected chi connectivity index (χ3v) is 12.2. The fraction of sp³-hybridized carbons (Fsp3) is 0.794. The Hall–Kier alpha value is -1.99. The molecule has 0 aliphatic heterocycles. The second kappa shape index (κ2) is 10.9. The minimum atomic E-state index is -0.828. The molecule has 4 aliphatic carbocycles. The van der Waals surface area contributed by atoms with Gasteiger partial charge in [0.25, 0.3) is 0 Å². The maximum absolute atomic E-state index is 13.3. The molecule has 9 atom stereocenters. The molecule has 230 valence electrons. The lowest BCUT2D eigenvalue weighted by Gasteiger charge is -2.66. The number of aldehydes is 1. The van der Waals surface area contributed by atoms with Gasteiger partial charge < -0.3 is 24.5 Å². The lowest BCUT2D eigenvalue weighted by molar-refractivity contribution is -0.186. The zero-order chi connectivity index (χ0) is 30.6. The quantitative estimate of drug-likeness (QED) is 0.169. The van der Waals surface area contributed by atoms with Gasteiger partial charge in [-0.05, 0) is 87.4 Å². The normalized spacial score (nSPS) is 40.5. The molecule has 0 spiro atoms. The van der Waals surface area contributed by atoms with Gasteiger partial charge in [0, 0.05) is 16.7 Å². The average Bonchev–Trinajstić information content (AvgIpc) is 3.15. The summed E-state index contributed by atoms with van der Waals surface area (Å²) in [4.78, 5) is 37.4. The Morgan fingerprint density at radius 1 is 1.07 bits per heavy atom. The van der Waals surface area contributed by atoms with Crippen LogP contribution in [0.2, 0.25) is 0 Å². The van der Waals surface area contributed by atoms with E-state index in [1.807, 2.05) is 26.0 Å². The van der Waals surface area contributed by atoms with Crippen LogP contribution in [0.15, 0.2) is 23.8 Å². The van der Waals surface area contributed by atoms with Gasteiger partial charge >= 0.3 is 11.9 Å². The Morgan fingerprint density at radius 2 is 1.76 bits per heavy atom. The van der Waals surface area contributed by atoms with E-state index in [4.69, 9.17) is 4.74 Å². The third-order valence-electron chi connectivity index (χ3n) is 12.2. The number of ether oxygens (including phenoxy) is 2. The van der Waals surface area contributed by atoms with Gasteiger partial charge in [-0.1, -0.05) is 58.4 Å². The molecule has 0 amide bonds. The highest BCUT2D eigenvalue weighted by Gasteiger charge is 2.70. The van der Waals surface area contributed by atoms with Crippen molar-refractivity contribution in [1.82, 2.24) is 0 Å². The monoisotopic (exact) mass is 572 g/mol. The van der Waals surface area contributed by atoms with Crippen LogP contribution in [0.25, 0.3) is 0 Å². The molecule has 0 unspecified atom stereocenters. The molecule has 0 aromatic rings. The van der Waals surface area contributed by atoms with Gasteiger partial charge in [0.1, 0.15) is 18.8 Å². The van der Waals surface area contributed by atoms with E-state index in [1.54, 1.807) is 13.8 Å². The summed E-state index contributed by atoms with van der Waals surface area (Å²) in [6.07, 6.45) is 11.4. The number of hydrogen-bond acceptors (Lipinski definition) is 7. The van der Waals surface area contributed by atoms with E-state index >= 15 is 0 Å². The van der Waals surface area contributed by atoms with E-state index in [1.165, 1.54) is 13.4 Å². The summed E-state index contributed by atoms with van der Waals surface area (Å²) in [7, 11) is 1.24. The van der Waals surface area contributed by atoms with E-state index in [-0.39, 0.29) is 22.7 Å². The molecule has 0 heterocycles. The summed E-state index contributed by atoms with van der Waals surface area (Å²) in [5.74, 6) is -0.567. The van der Waals surface area contributed by atoms with E-state index in [9.17, 15) is 24.6 Å². The highest BCUT2D eigenvalue weighted by atomic mass is 16.6. The molecular weight excluding hydrogens is 520 g/mol. The molecule has 0 aromatic heterocycles. The van der Waals surface area contributed by atoms with Crippen molar-refractivity contribution in [2.24, 2.45) is 45.3 Å². The van der Waals surface area contributed by atoms with Crippen LogP contribution >= 0.6 is 0 Å². The molecule has 0 bridgehead atoms. The fourth-order valence-corrected chi connectivity index (χ4v) is 9.87. The predicted molar refractivity (Wildman–Crippen MR) is 156 cm³/mol. The van der Waals surface area contributed by atoms with Gasteiger partial charge in [0.15, 0.2) is 0 Å². The van der Waals surface area contributed by atoms with Crippen LogP contribution in [0.4, 0.5) is 0 Å². The lowest BCUT2D eigenvalue weighted by Crippen LogP contribution is -2.64. The van der Waals surface area contributed by atoms with Gasteiger partial charge in [-0.2, -0.15) is 0 Å². The smallest absolute Gasteiger partial charge is 0.317 e. The first-order chi connectivity index (χ1) is 19.0. The standard InChI is InChI=1S/C34H52O7/c1-21(10-9-14-30(2,3)39)22-13-15-33(7)29-25(36)18-24-23(34(29,20-35)17-16-32(22,33)6)11-12-26(31(24,4)5)41-28(38)19-27(37)40-8/h9,14,18,20-23,25-26,29,36,39H,10-13,15-17,19H2,1-8H3/b14-9+/t21-,22-,23-,25+,26+,29+,32-,33+,34-/m1/s1. The summed E-state index contributed by atoms with van der Waals surface area (Å²) in [6.45, 7) is 14.6. The van der Waals surface area contributed by atoms with E-state index < -0.39 is 47.0 Å². The van der Waals surface area contributed by atoms with Crippen molar-refractivity contribution in [3.05, 3.63) is 23.8 Å². The molecule has 3 saturated carbocycles. The zero-order valence-corrected chi connectivity index (χ0v) is 26.4. The number of carbonyl (C=O) groups excluding carboxylic acids is 3. The molecule has 0 radical (unpaired) electrons. The summed E-state index contributed by atoms with van der Waals surface area (Å²) in [5.41, 5.74) is -1.31. The zero-order valence-electron chi connectivity index (χ0n) is 26.4. The van der Waals surface area contributed by atoms with E-state index in [0.29, 0.717) is 24.7 Å². The number of rotatable bonds is 8. The number of fused-ring (bicyclic) bond motifs is 5. The number of aliphatic hydroxyl groups excluding tert-OH is 1. The minimum Gasteiger partial charge on any atom is -0.469 e. The van der Waals surface area contributed by atoms with Gasteiger partial charge in [0.2, 0.25) is 0 Å². The summed E-state index contributed by atoms with van der Waals surface area (Å²) in [5, 5.41) is 22.1. The molecule has 41 heavy (non-hydrogen) atoms. The predicted octanol–water partition coefficient (Wildman–Crippen LogP) is 5.57. The fourth-order valence-electron chi connectivity index (χ4n) is 9.87. The molecule has 4 aliphatic rings. The van der Waals surface area contributed by atoms with Crippen molar-refractivity contribution in [2.45, 2.75) is 118 Å². The summed E-state index contributed by atoms with van der Waals surface area (Å²) < 4.78 is 10.4. The van der Waals surface area contributed by atoms with Crippen LogP contribution in [0, 0.1) is 45.3 Å². The second-order valence-electron chi connectivity index (χ2n) is 15.2. The summed E-state index contributed by atoms with van der Waals surface area (Å²) in [6, 6.07) is 0. The Bertz CT molecular complexity index is 1100. The van der Waals surface area contributed by atoms with Crippen LogP contribution in [-0.4, -0.2) is 53.4 Å².